The van der Waals surface area contributed by atoms with Crippen LogP contribution >= 0.6 is 0 Å². The van der Waals surface area contributed by atoms with Crippen molar-refractivity contribution in [3.8, 4) is 11.5 Å². The lowest BCUT2D eigenvalue weighted by atomic mass is 9.63. The van der Waals surface area contributed by atoms with E-state index < -0.39 is 0 Å². The first kappa shape index (κ1) is 33.2. The van der Waals surface area contributed by atoms with Crippen molar-refractivity contribution in [3.05, 3.63) is 58.7 Å². The summed E-state index contributed by atoms with van der Waals surface area (Å²) in [6.45, 7) is 23.4. The van der Waals surface area contributed by atoms with Crippen molar-refractivity contribution in [2.24, 2.45) is 10.8 Å². The highest BCUT2D eigenvalue weighted by Crippen LogP contribution is 2.48. The average molecular weight is 537 g/mol. The Morgan fingerprint density at radius 3 is 1.05 bits per heavy atom. The molecule has 0 saturated heterocycles. The molecule has 2 rings (SSSR count). The Hall–Kier alpha value is -1.96. The summed E-state index contributed by atoms with van der Waals surface area (Å²) in [5.74, 6) is 0.639. The first-order chi connectivity index (χ1) is 18.4. The predicted molar refractivity (Wildman–Crippen MR) is 170 cm³/mol. The van der Waals surface area contributed by atoms with Crippen LogP contribution in [0.4, 0.5) is 0 Å². The van der Waals surface area contributed by atoms with E-state index in [4.69, 9.17) is 0 Å². The molecule has 0 bridgehead atoms. The highest BCUT2D eigenvalue weighted by atomic mass is 16.3. The fraction of sp³-hybridized carbons (Fsp3) is 0.676. The molecule has 0 amide bonds. The maximum absolute atomic E-state index is 11.0. The van der Waals surface area contributed by atoms with Crippen LogP contribution in [-0.4, -0.2) is 10.2 Å². The molecule has 0 atom stereocenters. The summed E-state index contributed by atoms with van der Waals surface area (Å²) in [7, 11) is 0. The fourth-order valence-corrected chi connectivity index (χ4v) is 6.97. The van der Waals surface area contributed by atoms with Crippen LogP contribution in [0.15, 0.2) is 36.4 Å². The van der Waals surface area contributed by atoms with Gasteiger partial charge in [-0.25, -0.2) is 0 Å². The Morgan fingerprint density at radius 1 is 0.487 bits per heavy atom. The third kappa shape index (κ3) is 7.22. The third-order valence-electron chi connectivity index (χ3n) is 11.4. The molecule has 0 radical (unpaired) electrons. The largest absolute Gasteiger partial charge is 0.508 e. The van der Waals surface area contributed by atoms with E-state index in [0.29, 0.717) is 28.7 Å². The van der Waals surface area contributed by atoms with Gasteiger partial charge in [-0.05, 0) is 94.6 Å². The topological polar surface area (TPSA) is 40.5 Å². The number of aromatic hydroxyl groups is 2. The number of hydrogen-bond donors (Lipinski definition) is 2. The quantitative estimate of drug-likeness (QED) is 0.224. The Morgan fingerprint density at radius 2 is 0.795 bits per heavy atom. The monoisotopic (exact) mass is 536 g/mol. The van der Waals surface area contributed by atoms with Gasteiger partial charge in [0.1, 0.15) is 11.5 Å². The standard InChI is InChI=1S/C37H60O2/c1-11-34(9,12-2)26-36(15-5,16-6)30-19-21-32(38)28(24-30)23-29-25-31(20-22-33(29)39)37(17-7,18-8)27-35(10,13-3)14-4/h19-22,24-25,38-39H,11-18,23,26-27H2,1-10H3. The number of hydrogen-bond acceptors (Lipinski definition) is 2. The van der Waals surface area contributed by atoms with Crippen LogP contribution in [0.5, 0.6) is 11.5 Å². The van der Waals surface area contributed by atoms with E-state index in [1.807, 2.05) is 12.1 Å². The Balaban J connectivity index is 2.56. The number of phenolic OH excluding ortho intramolecular Hbond substituents is 2. The maximum Gasteiger partial charge on any atom is 0.119 e. The number of benzene rings is 2. The van der Waals surface area contributed by atoms with Crippen LogP contribution < -0.4 is 0 Å². The van der Waals surface area contributed by atoms with Crippen molar-refractivity contribution < 1.29 is 10.2 Å². The smallest absolute Gasteiger partial charge is 0.119 e. The highest BCUT2D eigenvalue weighted by Gasteiger charge is 2.37. The molecule has 220 valence electrons. The molecular weight excluding hydrogens is 476 g/mol. The van der Waals surface area contributed by atoms with Crippen LogP contribution in [0.2, 0.25) is 0 Å². The van der Waals surface area contributed by atoms with E-state index in [0.717, 1.165) is 49.7 Å². The first-order valence-electron chi connectivity index (χ1n) is 16.0. The second-order valence-corrected chi connectivity index (χ2v) is 13.2. The normalized spacial score (nSPS) is 13.2. The molecule has 0 heterocycles. The molecule has 0 saturated carbocycles. The minimum absolute atomic E-state index is 0.0808. The van der Waals surface area contributed by atoms with Crippen LogP contribution in [0.25, 0.3) is 0 Å². The van der Waals surface area contributed by atoms with Crippen molar-refractivity contribution in [1.82, 2.24) is 0 Å². The molecule has 0 aliphatic rings. The van der Waals surface area contributed by atoms with Gasteiger partial charge in [0.2, 0.25) is 0 Å². The molecule has 0 aromatic heterocycles. The van der Waals surface area contributed by atoms with Gasteiger partial charge in [-0.1, -0.05) is 119 Å². The molecule has 0 unspecified atom stereocenters. The molecule has 0 aliphatic carbocycles. The molecule has 2 heteroatoms. The van der Waals surface area contributed by atoms with Crippen LogP contribution in [0.3, 0.4) is 0 Å². The predicted octanol–water partition coefficient (Wildman–Crippen LogP) is 11.2. The lowest BCUT2D eigenvalue weighted by molar-refractivity contribution is 0.183. The van der Waals surface area contributed by atoms with Gasteiger partial charge in [0.25, 0.3) is 0 Å². The zero-order valence-corrected chi connectivity index (χ0v) is 27.1. The molecule has 0 aliphatic heterocycles. The van der Waals surface area contributed by atoms with Gasteiger partial charge in [-0.15, -0.1) is 0 Å². The van der Waals surface area contributed by atoms with E-state index in [9.17, 15) is 10.2 Å². The first-order valence-corrected chi connectivity index (χ1v) is 16.0. The second kappa shape index (κ2) is 13.6. The van der Waals surface area contributed by atoms with Crippen molar-refractivity contribution in [2.75, 3.05) is 0 Å². The minimum atomic E-state index is 0.0808. The number of phenols is 2. The zero-order chi connectivity index (χ0) is 29.5. The average Bonchev–Trinajstić information content (AvgIpc) is 2.96. The molecule has 2 N–H and O–H groups in total. The van der Waals surface area contributed by atoms with Gasteiger partial charge in [0.05, 0.1) is 0 Å². The Kier molecular flexibility index (Phi) is 11.6. The zero-order valence-electron chi connectivity index (χ0n) is 27.1. The molecule has 39 heavy (non-hydrogen) atoms. The summed E-state index contributed by atoms with van der Waals surface area (Å²) < 4.78 is 0. The van der Waals surface area contributed by atoms with E-state index >= 15 is 0 Å². The van der Waals surface area contributed by atoms with Gasteiger partial charge in [0.15, 0.2) is 0 Å². The highest BCUT2D eigenvalue weighted by molar-refractivity contribution is 5.47. The van der Waals surface area contributed by atoms with Gasteiger partial charge in [-0.2, -0.15) is 0 Å². The van der Waals surface area contributed by atoms with Gasteiger partial charge in [-0.3, -0.25) is 0 Å². The summed E-state index contributed by atoms with van der Waals surface area (Å²) in [6.07, 6.45) is 11.8. The summed E-state index contributed by atoms with van der Waals surface area (Å²) >= 11 is 0. The van der Waals surface area contributed by atoms with E-state index in [1.165, 1.54) is 36.8 Å². The summed E-state index contributed by atoms with van der Waals surface area (Å²) in [5.41, 5.74) is 5.22. The molecule has 0 spiro atoms. The summed E-state index contributed by atoms with van der Waals surface area (Å²) in [5, 5.41) is 22.0. The Labute approximate surface area is 241 Å². The van der Waals surface area contributed by atoms with Crippen molar-refractivity contribution >= 4 is 0 Å². The lowest BCUT2D eigenvalue weighted by Crippen LogP contribution is -2.32. The molecule has 2 aromatic rings. The van der Waals surface area contributed by atoms with E-state index in [1.54, 1.807) is 0 Å². The van der Waals surface area contributed by atoms with Gasteiger partial charge >= 0.3 is 0 Å². The summed E-state index contributed by atoms with van der Waals surface area (Å²) in [4.78, 5) is 0. The van der Waals surface area contributed by atoms with E-state index in [-0.39, 0.29) is 10.8 Å². The summed E-state index contributed by atoms with van der Waals surface area (Å²) in [6, 6.07) is 12.5. The SMILES string of the molecule is CCC(C)(CC)CC(CC)(CC)c1ccc(O)c(Cc2cc(C(CC)(CC)CC(C)(CC)CC)ccc2O)c1. The van der Waals surface area contributed by atoms with Crippen molar-refractivity contribution in [3.63, 3.8) is 0 Å². The van der Waals surface area contributed by atoms with E-state index in [2.05, 4.69) is 93.5 Å². The van der Waals surface area contributed by atoms with Crippen LogP contribution in [0.1, 0.15) is 156 Å². The molecule has 2 nitrogen and oxygen atoms in total. The molecular formula is C37H60O2. The maximum atomic E-state index is 11.0. The fourth-order valence-electron chi connectivity index (χ4n) is 6.97. The lowest BCUT2D eigenvalue weighted by Gasteiger charge is -2.41. The molecule has 2 aromatic carbocycles. The number of rotatable bonds is 16. The molecule has 0 fully saturated rings. The second-order valence-electron chi connectivity index (χ2n) is 13.2. The minimum Gasteiger partial charge on any atom is -0.508 e. The Bertz CT molecular complexity index is 950. The van der Waals surface area contributed by atoms with Crippen molar-refractivity contribution in [1.29, 1.82) is 0 Å². The van der Waals surface area contributed by atoms with Crippen LogP contribution in [0, 0.1) is 10.8 Å². The van der Waals surface area contributed by atoms with Crippen LogP contribution in [-0.2, 0) is 17.3 Å². The van der Waals surface area contributed by atoms with Gasteiger partial charge in [0, 0.05) is 6.42 Å². The third-order valence-corrected chi connectivity index (χ3v) is 11.4. The van der Waals surface area contributed by atoms with Crippen molar-refractivity contribution in [2.45, 2.75) is 151 Å². The van der Waals surface area contributed by atoms with Gasteiger partial charge < -0.3 is 10.2 Å².